The van der Waals surface area contributed by atoms with Gasteiger partial charge in [0.2, 0.25) is 5.91 Å². The molecule has 1 heterocycles. The normalized spacial score (nSPS) is 23.1. The van der Waals surface area contributed by atoms with Crippen LogP contribution in [0.2, 0.25) is 0 Å². The number of carbonyl (C=O) groups excluding carboxylic acids is 1. The third-order valence-corrected chi connectivity index (χ3v) is 6.53. The molecule has 1 aliphatic carbocycles. The molecule has 7 nitrogen and oxygen atoms in total. The molecule has 3 rings (SSSR count). The van der Waals surface area contributed by atoms with Crippen LogP contribution in [0.15, 0.2) is 23.1 Å². The lowest BCUT2D eigenvalue weighted by Gasteiger charge is -2.26. The Hall–Kier alpha value is -1.80. The second kappa shape index (κ2) is 8.26. The van der Waals surface area contributed by atoms with E-state index >= 15 is 0 Å². The Morgan fingerprint density at radius 3 is 2.54 bits per heavy atom. The van der Waals surface area contributed by atoms with E-state index in [1.54, 1.807) is 6.07 Å². The van der Waals surface area contributed by atoms with Gasteiger partial charge in [0, 0.05) is 31.0 Å². The van der Waals surface area contributed by atoms with Crippen molar-refractivity contribution in [2.75, 3.05) is 19.0 Å². The molecule has 1 aromatic rings. The summed E-state index contributed by atoms with van der Waals surface area (Å²) in [6.07, 6.45) is 4.17. The average molecular weight is 382 g/mol. The third-order valence-electron chi connectivity index (χ3n) is 4.81. The van der Waals surface area contributed by atoms with E-state index < -0.39 is 9.84 Å². The highest BCUT2D eigenvalue weighted by atomic mass is 32.2. The Kier molecular flexibility index (Phi) is 6.03. The quantitative estimate of drug-likeness (QED) is 0.797. The Balaban J connectivity index is 1.57. The van der Waals surface area contributed by atoms with Gasteiger partial charge < -0.3 is 20.5 Å². The predicted octanol–water partition coefficient (Wildman–Crippen LogP) is 1.40. The van der Waals surface area contributed by atoms with Gasteiger partial charge in [0.25, 0.3) is 0 Å². The van der Waals surface area contributed by atoms with E-state index in [9.17, 15) is 13.2 Å². The SMILES string of the molecule is NC1CCC(NC(=O)CCS(=O)(=O)c2ccc3c(c2)OCCCO3)CC1. The Morgan fingerprint density at radius 2 is 1.81 bits per heavy atom. The Bertz CT molecular complexity index is 742. The first-order valence-corrected chi connectivity index (χ1v) is 10.8. The Labute approximate surface area is 154 Å². The van der Waals surface area contributed by atoms with E-state index in [0.29, 0.717) is 24.7 Å². The highest BCUT2D eigenvalue weighted by Crippen LogP contribution is 2.32. The van der Waals surface area contributed by atoms with Crippen molar-refractivity contribution >= 4 is 15.7 Å². The lowest BCUT2D eigenvalue weighted by Crippen LogP contribution is -2.40. The van der Waals surface area contributed by atoms with Crippen molar-refractivity contribution in [2.45, 2.75) is 55.5 Å². The second-order valence-corrected chi connectivity index (χ2v) is 9.02. The van der Waals surface area contributed by atoms with Crippen molar-refractivity contribution in [1.82, 2.24) is 5.32 Å². The van der Waals surface area contributed by atoms with Crippen LogP contribution in [-0.2, 0) is 14.6 Å². The Morgan fingerprint density at radius 1 is 1.12 bits per heavy atom. The maximum atomic E-state index is 12.6. The van der Waals surface area contributed by atoms with Crippen LogP contribution in [0.3, 0.4) is 0 Å². The summed E-state index contributed by atoms with van der Waals surface area (Å²) in [5.74, 6) is 0.523. The number of hydrogen-bond donors (Lipinski definition) is 2. The van der Waals surface area contributed by atoms with Gasteiger partial charge in [-0.25, -0.2) is 8.42 Å². The topological polar surface area (TPSA) is 108 Å². The number of fused-ring (bicyclic) bond motifs is 1. The van der Waals surface area contributed by atoms with Gasteiger partial charge in [-0.05, 0) is 37.8 Å². The van der Waals surface area contributed by atoms with Gasteiger partial charge in [0.05, 0.1) is 23.9 Å². The number of ether oxygens (including phenoxy) is 2. The highest BCUT2D eigenvalue weighted by Gasteiger charge is 2.23. The lowest BCUT2D eigenvalue weighted by atomic mass is 9.92. The zero-order chi connectivity index (χ0) is 18.6. The summed E-state index contributed by atoms with van der Waals surface area (Å²) in [6.45, 7) is 1.04. The van der Waals surface area contributed by atoms with Crippen LogP contribution in [0.1, 0.15) is 38.5 Å². The molecule has 144 valence electrons. The molecular formula is C18H26N2O5S. The van der Waals surface area contributed by atoms with E-state index in [1.807, 2.05) is 0 Å². The van der Waals surface area contributed by atoms with Crippen molar-refractivity contribution < 1.29 is 22.7 Å². The van der Waals surface area contributed by atoms with Crippen molar-refractivity contribution in [2.24, 2.45) is 5.73 Å². The van der Waals surface area contributed by atoms with Crippen molar-refractivity contribution in [1.29, 1.82) is 0 Å². The number of amides is 1. The number of carbonyl (C=O) groups is 1. The summed E-state index contributed by atoms with van der Waals surface area (Å²) in [5, 5.41) is 2.92. The lowest BCUT2D eigenvalue weighted by molar-refractivity contribution is -0.121. The molecule has 0 unspecified atom stereocenters. The zero-order valence-corrected chi connectivity index (χ0v) is 15.6. The van der Waals surface area contributed by atoms with Crippen LogP contribution < -0.4 is 20.5 Å². The minimum Gasteiger partial charge on any atom is -0.490 e. The van der Waals surface area contributed by atoms with Gasteiger partial charge in [-0.3, -0.25) is 4.79 Å². The summed E-state index contributed by atoms with van der Waals surface area (Å²) >= 11 is 0. The molecule has 0 aromatic heterocycles. The monoisotopic (exact) mass is 382 g/mol. The van der Waals surface area contributed by atoms with Crippen molar-refractivity contribution in [3.05, 3.63) is 18.2 Å². The fourth-order valence-corrected chi connectivity index (χ4v) is 4.50. The molecule has 0 spiro atoms. The largest absolute Gasteiger partial charge is 0.490 e. The standard InChI is InChI=1S/C18H26N2O5S/c19-13-2-4-14(5-3-13)20-18(21)8-11-26(22,23)15-6-7-16-17(12-15)25-10-1-9-24-16/h6-7,12-14H,1-5,8-11,19H2,(H,20,21). The minimum atomic E-state index is -3.57. The number of hydrogen-bond acceptors (Lipinski definition) is 6. The zero-order valence-electron chi connectivity index (χ0n) is 14.8. The van der Waals surface area contributed by atoms with Gasteiger partial charge >= 0.3 is 0 Å². The van der Waals surface area contributed by atoms with Gasteiger partial charge in [0.15, 0.2) is 21.3 Å². The molecule has 0 bridgehead atoms. The first-order chi connectivity index (χ1) is 12.4. The fourth-order valence-electron chi connectivity index (χ4n) is 3.25. The van der Waals surface area contributed by atoms with E-state index in [4.69, 9.17) is 15.2 Å². The molecule has 8 heteroatoms. The van der Waals surface area contributed by atoms with Crippen LogP contribution in [-0.4, -0.2) is 45.4 Å². The summed E-state index contributed by atoms with van der Waals surface area (Å²) in [4.78, 5) is 12.2. The van der Waals surface area contributed by atoms with E-state index in [1.165, 1.54) is 12.1 Å². The van der Waals surface area contributed by atoms with Gasteiger partial charge in [-0.1, -0.05) is 0 Å². The molecule has 1 aromatic carbocycles. The molecular weight excluding hydrogens is 356 g/mol. The van der Waals surface area contributed by atoms with Crippen LogP contribution in [0.5, 0.6) is 11.5 Å². The summed E-state index contributed by atoms with van der Waals surface area (Å²) in [7, 11) is -3.57. The molecule has 0 radical (unpaired) electrons. The number of nitrogens with two attached hydrogens (primary N) is 1. The molecule has 0 saturated heterocycles. The van der Waals surface area contributed by atoms with E-state index in [2.05, 4.69) is 5.32 Å². The molecule has 2 aliphatic rings. The van der Waals surface area contributed by atoms with Crippen LogP contribution in [0.25, 0.3) is 0 Å². The molecule has 0 atom stereocenters. The van der Waals surface area contributed by atoms with Gasteiger partial charge in [0.1, 0.15) is 0 Å². The molecule has 1 amide bonds. The van der Waals surface area contributed by atoms with Crippen LogP contribution in [0, 0.1) is 0 Å². The number of nitrogens with one attached hydrogen (secondary N) is 1. The van der Waals surface area contributed by atoms with E-state index in [-0.39, 0.29) is 35.1 Å². The molecule has 1 aliphatic heterocycles. The second-order valence-electron chi connectivity index (χ2n) is 6.91. The molecule has 1 saturated carbocycles. The predicted molar refractivity (Wildman–Crippen MR) is 97.1 cm³/mol. The molecule has 1 fully saturated rings. The number of benzene rings is 1. The number of sulfone groups is 1. The molecule has 3 N–H and O–H groups in total. The van der Waals surface area contributed by atoms with Crippen molar-refractivity contribution in [3.8, 4) is 11.5 Å². The van der Waals surface area contributed by atoms with E-state index in [0.717, 1.165) is 32.1 Å². The first kappa shape index (κ1) is 19.0. The third kappa shape index (κ3) is 4.88. The fraction of sp³-hybridized carbons (Fsp3) is 0.611. The van der Waals surface area contributed by atoms with Gasteiger partial charge in [-0.2, -0.15) is 0 Å². The first-order valence-electron chi connectivity index (χ1n) is 9.11. The van der Waals surface area contributed by atoms with Crippen LogP contribution in [0.4, 0.5) is 0 Å². The molecule has 26 heavy (non-hydrogen) atoms. The van der Waals surface area contributed by atoms with Crippen LogP contribution >= 0.6 is 0 Å². The smallest absolute Gasteiger partial charge is 0.221 e. The maximum Gasteiger partial charge on any atom is 0.221 e. The highest BCUT2D eigenvalue weighted by molar-refractivity contribution is 7.91. The number of rotatable bonds is 5. The van der Waals surface area contributed by atoms with Crippen molar-refractivity contribution in [3.63, 3.8) is 0 Å². The van der Waals surface area contributed by atoms with Gasteiger partial charge in [-0.15, -0.1) is 0 Å². The summed E-state index contributed by atoms with van der Waals surface area (Å²) < 4.78 is 36.2. The maximum absolute atomic E-state index is 12.6. The average Bonchev–Trinajstić information content (AvgIpc) is 2.87. The summed E-state index contributed by atoms with van der Waals surface area (Å²) in [6, 6.07) is 4.91. The summed E-state index contributed by atoms with van der Waals surface area (Å²) in [5.41, 5.74) is 5.85. The minimum absolute atomic E-state index is 0.0562.